The van der Waals surface area contributed by atoms with E-state index >= 15 is 0 Å². The van der Waals surface area contributed by atoms with Crippen molar-refractivity contribution in [3.63, 3.8) is 0 Å². The lowest BCUT2D eigenvalue weighted by atomic mass is 10.0. The van der Waals surface area contributed by atoms with Crippen molar-refractivity contribution in [2.24, 2.45) is 0 Å². The summed E-state index contributed by atoms with van der Waals surface area (Å²) >= 11 is 6.10. The Morgan fingerprint density at radius 1 is 1.27 bits per heavy atom. The molecular formula is C19H18ClN5O4S. The number of nitrogens with zero attached hydrogens (tertiary/aromatic N) is 1. The maximum absolute atomic E-state index is 12.8. The normalized spacial score (nSPS) is 15.7. The zero-order chi connectivity index (χ0) is 21.5. The number of aromatic nitrogens is 2. The molecule has 3 aromatic rings. The van der Waals surface area contributed by atoms with Gasteiger partial charge in [0.05, 0.1) is 23.5 Å². The minimum Gasteiger partial charge on any atom is -0.322 e. The molecule has 0 saturated heterocycles. The summed E-state index contributed by atoms with van der Waals surface area (Å²) in [5.41, 5.74) is 3.47. The Hall–Kier alpha value is -2.95. The summed E-state index contributed by atoms with van der Waals surface area (Å²) in [6.45, 7) is 0.499. The third-order valence-electron chi connectivity index (χ3n) is 4.77. The largest absolute Gasteiger partial charge is 0.322 e. The van der Waals surface area contributed by atoms with Gasteiger partial charge >= 0.3 is 0 Å². The molecule has 1 aliphatic rings. The molecule has 4 rings (SSSR count). The second kappa shape index (κ2) is 7.71. The van der Waals surface area contributed by atoms with Gasteiger partial charge in [0.1, 0.15) is 0 Å². The summed E-state index contributed by atoms with van der Waals surface area (Å²) in [5, 5.41) is 13.9. The molecular weight excluding hydrogens is 430 g/mol. The number of carbonyl (C=O) groups is 2. The molecule has 30 heavy (non-hydrogen) atoms. The lowest BCUT2D eigenvalue weighted by molar-refractivity contribution is -0.119. The molecule has 0 saturated carbocycles. The number of aromatic amines is 1. The fraction of sp³-hybridized carbons (Fsp3) is 0.211. The minimum atomic E-state index is -3.59. The fourth-order valence-corrected chi connectivity index (χ4v) is 4.25. The number of nitrogens with one attached hydrogen (secondary N) is 4. The molecule has 2 heterocycles. The highest BCUT2D eigenvalue weighted by Crippen LogP contribution is 2.30. The molecule has 0 fully saturated rings. The van der Waals surface area contributed by atoms with E-state index < -0.39 is 15.9 Å². The second-order valence-corrected chi connectivity index (χ2v) is 9.27. The first-order chi connectivity index (χ1) is 14.2. The van der Waals surface area contributed by atoms with Gasteiger partial charge in [-0.1, -0.05) is 17.7 Å². The molecule has 1 aliphatic heterocycles. The molecule has 2 aromatic carbocycles. The van der Waals surface area contributed by atoms with Crippen molar-refractivity contribution in [2.75, 3.05) is 11.6 Å². The van der Waals surface area contributed by atoms with Gasteiger partial charge in [0, 0.05) is 35.1 Å². The average Bonchev–Trinajstić information content (AvgIpc) is 3.26. The standard InChI is InChI=1S/C19H18ClN5O4S/c1-30(28,29)25-18(26)7-16-13-3-2-12(4-10(13)8-21-16)23-19(27)14-5-11(20)6-17-15(14)9-22-24-17/h2-6,9,16,21H,7-8H2,1H3,(H,22,24)(H,23,27)(H,25,26)/t16-/m1/s1. The molecule has 11 heteroatoms. The van der Waals surface area contributed by atoms with Crippen LogP contribution in [0.5, 0.6) is 0 Å². The lowest BCUT2D eigenvalue weighted by Crippen LogP contribution is -2.31. The van der Waals surface area contributed by atoms with Crippen LogP contribution in [0, 0.1) is 0 Å². The quantitative estimate of drug-likeness (QED) is 0.473. The second-order valence-electron chi connectivity index (χ2n) is 7.09. The van der Waals surface area contributed by atoms with Gasteiger partial charge in [-0.2, -0.15) is 5.10 Å². The fourth-order valence-electron chi connectivity index (χ4n) is 3.54. The van der Waals surface area contributed by atoms with Gasteiger partial charge in [0.25, 0.3) is 5.91 Å². The van der Waals surface area contributed by atoms with E-state index in [1.165, 1.54) is 0 Å². The van der Waals surface area contributed by atoms with Crippen LogP contribution in [0.2, 0.25) is 5.02 Å². The number of fused-ring (bicyclic) bond motifs is 2. The predicted molar refractivity (Wildman–Crippen MR) is 113 cm³/mol. The summed E-state index contributed by atoms with van der Waals surface area (Å²) in [7, 11) is -3.59. The van der Waals surface area contributed by atoms with E-state index in [1.807, 2.05) is 16.9 Å². The first kappa shape index (κ1) is 20.3. The van der Waals surface area contributed by atoms with Gasteiger partial charge < -0.3 is 10.6 Å². The Kier molecular flexibility index (Phi) is 5.22. The van der Waals surface area contributed by atoms with Crippen LogP contribution in [0.4, 0.5) is 5.69 Å². The Morgan fingerprint density at radius 2 is 2.07 bits per heavy atom. The zero-order valence-electron chi connectivity index (χ0n) is 15.8. The summed E-state index contributed by atoms with van der Waals surface area (Å²) < 4.78 is 24.4. The van der Waals surface area contributed by atoms with Crippen molar-refractivity contribution in [1.82, 2.24) is 20.2 Å². The number of halogens is 1. The van der Waals surface area contributed by atoms with E-state index in [1.54, 1.807) is 24.4 Å². The molecule has 0 spiro atoms. The van der Waals surface area contributed by atoms with Crippen LogP contribution < -0.4 is 15.4 Å². The molecule has 0 aliphatic carbocycles. The van der Waals surface area contributed by atoms with Crippen LogP contribution in [0.3, 0.4) is 0 Å². The Morgan fingerprint density at radius 3 is 2.83 bits per heavy atom. The number of anilines is 1. The maximum Gasteiger partial charge on any atom is 0.256 e. The van der Waals surface area contributed by atoms with Gasteiger partial charge in [0.15, 0.2) is 0 Å². The average molecular weight is 448 g/mol. The van der Waals surface area contributed by atoms with Gasteiger partial charge in [-0.15, -0.1) is 0 Å². The maximum atomic E-state index is 12.8. The molecule has 1 atom stereocenters. The van der Waals surface area contributed by atoms with E-state index in [0.29, 0.717) is 33.7 Å². The molecule has 0 bridgehead atoms. The van der Waals surface area contributed by atoms with E-state index in [9.17, 15) is 18.0 Å². The highest BCUT2D eigenvalue weighted by Gasteiger charge is 2.25. The predicted octanol–water partition coefficient (Wildman–Crippen LogP) is 2.08. The van der Waals surface area contributed by atoms with Crippen LogP contribution in [-0.2, 0) is 21.4 Å². The highest BCUT2D eigenvalue weighted by molar-refractivity contribution is 7.89. The Bertz CT molecular complexity index is 1270. The summed E-state index contributed by atoms with van der Waals surface area (Å²) in [4.78, 5) is 24.7. The highest BCUT2D eigenvalue weighted by atomic mass is 35.5. The van der Waals surface area contributed by atoms with Crippen LogP contribution >= 0.6 is 11.6 Å². The molecule has 0 radical (unpaired) electrons. The molecule has 0 unspecified atom stereocenters. The number of sulfonamides is 1. The third kappa shape index (κ3) is 4.30. The van der Waals surface area contributed by atoms with Crippen molar-refractivity contribution in [3.8, 4) is 0 Å². The first-order valence-electron chi connectivity index (χ1n) is 9.00. The molecule has 4 N–H and O–H groups in total. The van der Waals surface area contributed by atoms with Gasteiger partial charge in [0.2, 0.25) is 15.9 Å². The van der Waals surface area contributed by atoms with E-state index in [4.69, 9.17) is 11.6 Å². The third-order valence-corrected chi connectivity index (χ3v) is 5.59. The number of hydrogen-bond donors (Lipinski definition) is 4. The molecule has 1 aromatic heterocycles. The van der Waals surface area contributed by atoms with Crippen LogP contribution in [0.25, 0.3) is 10.9 Å². The van der Waals surface area contributed by atoms with Crippen LogP contribution in [0.15, 0.2) is 36.5 Å². The van der Waals surface area contributed by atoms with E-state index in [2.05, 4.69) is 20.8 Å². The number of amides is 2. The van der Waals surface area contributed by atoms with E-state index in [0.717, 1.165) is 17.4 Å². The topological polar surface area (TPSA) is 133 Å². The monoisotopic (exact) mass is 447 g/mol. The Balaban J connectivity index is 1.50. The van der Waals surface area contributed by atoms with Crippen molar-refractivity contribution in [1.29, 1.82) is 0 Å². The van der Waals surface area contributed by atoms with Crippen molar-refractivity contribution < 1.29 is 18.0 Å². The molecule has 9 nitrogen and oxygen atoms in total. The SMILES string of the molecule is CS(=O)(=O)NC(=O)C[C@H]1NCc2cc(NC(=O)c3cc(Cl)cc4[nH]ncc34)ccc21. The van der Waals surface area contributed by atoms with E-state index in [-0.39, 0.29) is 18.4 Å². The van der Waals surface area contributed by atoms with Crippen LogP contribution in [-0.4, -0.2) is 36.7 Å². The summed E-state index contributed by atoms with van der Waals surface area (Å²) in [6, 6.07) is 8.36. The van der Waals surface area contributed by atoms with Crippen molar-refractivity contribution in [3.05, 3.63) is 58.2 Å². The van der Waals surface area contributed by atoms with Crippen molar-refractivity contribution >= 4 is 50.0 Å². The number of benzene rings is 2. The zero-order valence-corrected chi connectivity index (χ0v) is 17.4. The van der Waals surface area contributed by atoms with Crippen LogP contribution in [0.1, 0.15) is 33.9 Å². The minimum absolute atomic E-state index is 0.00718. The molecule has 156 valence electrons. The number of hydrogen-bond acceptors (Lipinski definition) is 6. The Labute approximate surface area is 177 Å². The smallest absolute Gasteiger partial charge is 0.256 e. The van der Waals surface area contributed by atoms with Gasteiger partial charge in [-0.05, 0) is 35.4 Å². The number of carbonyl (C=O) groups excluding carboxylic acids is 2. The number of H-pyrrole nitrogens is 1. The molecule has 2 amide bonds. The van der Waals surface area contributed by atoms with Gasteiger partial charge in [-0.3, -0.25) is 19.4 Å². The number of rotatable bonds is 5. The summed E-state index contributed by atoms with van der Waals surface area (Å²) in [5.74, 6) is -0.899. The lowest BCUT2D eigenvalue weighted by Gasteiger charge is -2.12. The summed E-state index contributed by atoms with van der Waals surface area (Å²) in [6.07, 6.45) is 2.50. The first-order valence-corrected chi connectivity index (χ1v) is 11.3. The van der Waals surface area contributed by atoms with Gasteiger partial charge in [-0.25, -0.2) is 8.42 Å². The van der Waals surface area contributed by atoms with Crippen molar-refractivity contribution in [2.45, 2.75) is 19.0 Å².